The fourth-order valence-corrected chi connectivity index (χ4v) is 3.84. The van der Waals surface area contributed by atoms with Crippen LogP contribution in [0.25, 0.3) is 16.7 Å². The molecule has 3 rings (SSSR count). The normalized spacial score (nSPS) is 11.4. The van der Waals surface area contributed by atoms with Crippen LogP contribution in [0.2, 0.25) is 0 Å². The Morgan fingerprint density at radius 2 is 1.96 bits per heavy atom. The molecule has 3 N–H and O–H groups in total. The summed E-state index contributed by atoms with van der Waals surface area (Å²) in [6, 6.07) is 12.8. The van der Waals surface area contributed by atoms with Gasteiger partial charge in [0.05, 0.1) is 26.2 Å². The highest BCUT2D eigenvalue weighted by molar-refractivity contribution is 5.77. The lowest BCUT2D eigenvalue weighted by Crippen LogP contribution is -3.11. The number of fused-ring (bicyclic) bond motifs is 3. The number of hydrogen-bond acceptors (Lipinski definition) is 2. The van der Waals surface area contributed by atoms with Crippen molar-refractivity contribution in [3.8, 4) is 6.07 Å². The van der Waals surface area contributed by atoms with Gasteiger partial charge in [-0.05, 0) is 38.0 Å². The third-order valence-electron chi connectivity index (χ3n) is 5.38. The van der Waals surface area contributed by atoms with E-state index in [9.17, 15) is 5.26 Å². The van der Waals surface area contributed by atoms with E-state index in [2.05, 4.69) is 59.7 Å². The second-order valence-electron chi connectivity index (χ2n) is 7.11. The quantitative estimate of drug-likeness (QED) is 0.403. The van der Waals surface area contributed by atoms with Crippen LogP contribution in [-0.4, -0.2) is 31.2 Å². The van der Waals surface area contributed by atoms with E-state index >= 15 is 0 Å². The van der Waals surface area contributed by atoms with Gasteiger partial charge in [0.1, 0.15) is 22.7 Å². The fraction of sp³-hybridized carbons (Fsp3) is 0.455. The SMILES string of the molecule is CCCc1cc(NCCC[NH+](CC)CC)[n+]2c([nH]c3ccccc32)c1C#N. The van der Waals surface area contributed by atoms with E-state index in [1.807, 2.05) is 12.1 Å². The van der Waals surface area contributed by atoms with Crippen LogP contribution in [0.5, 0.6) is 0 Å². The molecular formula is C22H31N5+2. The summed E-state index contributed by atoms with van der Waals surface area (Å²) in [4.78, 5) is 5.09. The summed E-state index contributed by atoms with van der Waals surface area (Å²) in [5.41, 5.74) is 4.92. The number of aryl methyl sites for hydroxylation is 1. The van der Waals surface area contributed by atoms with Crippen molar-refractivity contribution >= 4 is 22.5 Å². The van der Waals surface area contributed by atoms with Crippen molar-refractivity contribution in [2.45, 2.75) is 40.0 Å². The summed E-state index contributed by atoms with van der Waals surface area (Å²) in [5, 5.41) is 13.4. The molecule has 5 nitrogen and oxygen atoms in total. The number of benzene rings is 1. The first-order valence-corrected chi connectivity index (χ1v) is 10.2. The summed E-state index contributed by atoms with van der Waals surface area (Å²) in [6.07, 6.45) is 3.06. The lowest BCUT2D eigenvalue weighted by Gasteiger charge is -2.15. The van der Waals surface area contributed by atoms with E-state index in [4.69, 9.17) is 0 Å². The van der Waals surface area contributed by atoms with Gasteiger partial charge in [-0.25, -0.2) is 0 Å². The number of imidazole rings is 1. The van der Waals surface area contributed by atoms with Crippen molar-refractivity contribution in [1.82, 2.24) is 4.98 Å². The molecule has 0 aliphatic heterocycles. The minimum atomic E-state index is 0.756. The van der Waals surface area contributed by atoms with Gasteiger partial charge in [-0.3, -0.25) is 4.98 Å². The molecule has 0 fully saturated rings. The summed E-state index contributed by atoms with van der Waals surface area (Å²) in [5.74, 6) is 1.07. The maximum atomic E-state index is 9.78. The van der Waals surface area contributed by atoms with Crippen molar-refractivity contribution in [3.63, 3.8) is 0 Å². The molecule has 0 saturated heterocycles. The van der Waals surface area contributed by atoms with E-state index < -0.39 is 0 Å². The summed E-state index contributed by atoms with van der Waals surface area (Å²) in [6.45, 7) is 11.1. The average molecular weight is 366 g/mol. The van der Waals surface area contributed by atoms with Gasteiger partial charge >= 0.3 is 0 Å². The Morgan fingerprint density at radius 3 is 2.67 bits per heavy atom. The number of H-pyrrole nitrogens is 1. The van der Waals surface area contributed by atoms with Crippen molar-refractivity contribution in [2.75, 3.05) is 31.5 Å². The van der Waals surface area contributed by atoms with E-state index in [0.717, 1.165) is 59.4 Å². The Morgan fingerprint density at radius 1 is 1.19 bits per heavy atom. The van der Waals surface area contributed by atoms with Crippen LogP contribution in [-0.2, 0) is 6.42 Å². The van der Waals surface area contributed by atoms with Crippen molar-refractivity contribution in [2.24, 2.45) is 0 Å². The molecule has 5 heteroatoms. The molecule has 2 heterocycles. The minimum absolute atomic E-state index is 0.756. The molecule has 27 heavy (non-hydrogen) atoms. The van der Waals surface area contributed by atoms with Gasteiger partial charge in [0.25, 0.3) is 0 Å². The maximum absolute atomic E-state index is 9.78. The van der Waals surface area contributed by atoms with E-state index in [1.165, 1.54) is 19.6 Å². The molecule has 0 aliphatic rings. The number of para-hydroxylation sites is 2. The second kappa shape index (κ2) is 8.88. The fourth-order valence-electron chi connectivity index (χ4n) is 3.84. The number of aromatic nitrogens is 2. The van der Waals surface area contributed by atoms with Gasteiger partial charge in [-0.15, -0.1) is 0 Å². The highest BCUT2D eigenvalue weighted by Gasteiger charge is 2.21. The average Bonchev–Trinajstić information content (AvgIpc) is 3.08. The molecule has 3 aromatic rings. The molecule has 1 aromatic carbocycles. The molecule has 2 aromatic heterocycles. The monoisotopic (exact) mass is 365 g/mol. The standard InChI is InChI=1S/C22H29N5/c1-4-10-17-15-21(24-13-9-14-26(5-2)6-3)27-20-12-8-7-11-19(20)25-22(27)18(17)16-23/h7-8,11-12,15H,4-6,9-10,13-14H2,1-3H3,(H,24,25)/p+2. The van der Waals surface area contributed by atoms with Crippen LogP contribution in [0.3, 0.4) is 0 Å². The van der Waals surface area contributed by atoms with Crippen LogP contribution in [0.15, 0.2) is 30.3 Å². The third-order valence-corrected chi connectivity index (χ3v) is 5.38. The summed E-state index contributed by atoms with van der Waals surface area (Å²) >= 11 is 0. The second-order valence-corrected chi connectivity index (χ2v) is 7.11. The number of quaternary nitrogens is 1. The summed E-state index contributed by atoms with van der Waals surface area (Å²) in [7, 11) is 0. The maximum Gasteiger partial charge on any atom is 0.250 e. The Balaban J connectivity index is 1.98. The van der Waals surface area contributed by atoms with Crippen molar-refractivity contribution in [3.05, 3.63) is 41.5 Å². The van der Waals surface area contributed by atoms with E-state index in [-0.39, 0.29) is 0 Å². The van der Waals surface area contributed by atoms with E-state index in [0.29, 0.717) is 0 Å². The Labute approximate surface area is 161 Å². The predicted molar refractivity (Wildman–Crippen MR) is 110 cm³/mol. The molecule has 0 atom stereocenters. The molecule has 0 amide bonds. The van der Waals surface area contributed by atoms with Crippen LogP contribution in [0.4, 0.5) is 5.82 Å². The zero-order chi connectivity index (χ0) is 19.2. The number of nitrogens with one attached hydrogen (secondary N) is 3. The van der Waals surface area contributed by atoms with Crippen LogP contribution >= 0.6 is 0 Å². The van der Waals surface area contributed by atoms with Crippen molar-refractivity contribution in [1.29, 1.82) is 5.26 Å². The Kier molecular flexibility index (Phi) is 6.31. The molecule has 0 bridgehead atoms. The Bertz CT molecular complexity index is 947. The number of hydrogen-bond donors (Lipinski definition) is 3. The van der Waals surface area contributed by atoms with Crippen LogP contribution < -0.4 is 14.6 Å². The zero-order valence-corrected chi connectivity index (χ0v) is 16.7. The first-order chi connectivity index (χ1) is 13.2. The summed E-state index contributed by atoms with van der Waals surface area (Å²) < 4.78 is 2.16. The molecule has 0 spiro atoms. The number of nitrogens with zero attached hydrogens (tertiary/aromatic N) is 2. The number of aromatic amines is 1. The van der Waals surface area contributed by atoms with Crippen LogP contribution in [0.1, 0.15) is 44.7 Å². The van der Waals surface area contributed by atoms with E-state index in [1.54, 1.807) is 4.90 Å². The first kappa shape index (κ1) is 19.2. The molecule has 142 valence electrons. The molecular weight excluding hydrogens is 334 g/mol. The zero-order valence-electron chi connectivity index (χ0n) is 16.7. The minimum Gasteiger partial charge on any atom is -0.335 e. The van der Waals surface area contributed by atoms with Gasteiger partial charge in [0.2, 0.25) is 11.5 Å². The third kappa shape index (κ3) is 3.91. The molecule has 0 aliphatic carbocycles. The number of pyridine rings is 1. The number of anilines is 1. The predicted octanol–water partition coefficient (Wildman–Crippen LogP) is 2.46. The lowest BCUT2D eigenvalue weighted by molar-refractivity contribution is -0.896. The number of nitriles is 1. The number of rotatable bonds is 9. The van der Waals surface area contributed by atoms with Gasteiger partial charge < -0.3 is 10.2 Å². The highest BCUT2D eigenvalue weighted by atomic mass is 15.1. The van der Waals surface area contributed by atoms with Gasteiger partial charge in [0.15, 0.2) is 0 Å². The lowest BCUT2D eigenvalue weighted by atomic mass is 10.1. The van der Waals surface area contributed by atoms with Gasteiger partial charge in [-0.1, -0.05) is 25.5 Å². The smallest absolute Gasteiger partial charge is 0.250 e. The van der Waals surface area contributed by atoms with Crippen molar-refractivity contribution < 1.29 is 9.30 Å². The highest BCUT2D eigenvalue weighted by Crippen LogP contribution is 2.21. The molecule has 0 unspecified atom stereocenters. The largest absolute Gasteiger partial charge is 0.335 e. The topological polar surface area (TPSA) is 60.1 Å². The first-order valence-electron chi connectivity index (χ1n) is 10.2. The van der Waals surface area contributed by atoms with Gasteiger partial charge in [0, 0.05) is 12.5 Å². The van der Waals surface area contributed by atoms with Crippen LogP contribution in [0, 0.1) is 11.3 Å². The molecule has 0 radical (unpaired) electrons. The molecule has 0 saturated carbocycles. The van der Waals surface area contributed by atoms with Gasteiger partial charge in [-0.2, -0.15) is 9.66 Å². The Hall–Kier alpha value is -2.58.